The highest BCUT2D eigenvalue weighted by Gasteiger charge is 2.09. The van der Waals surface area contributed by atoms with Crippen LogP contribution < -0.4 is 5.73 Å². The first kappa shape index (κ1) is 10.7. The molecule has 0 saturated heterocycles. The van der Waals surface area contributed by atoms with Crippen LogP contribution in [0.4, 0.5) is 5.82 Å². The molecule has 0 bridgehead atoms. The minimum absolute atomic E-state index is 0.485. The number of nitrogens with two attached hydrogens (primary N) is 1. The summed E-state index contributed by atoms with van der Waals surface area (Å²) in [6.45, 7) is 7.47. The summed E-state index contributed by atoms with van der Waals surface area (Å²) in [4.78, 5) is 0. The highest BCUT2D eigenvalue weighted by molar-refractivity contribution is 5.31. The lowest BCUT2D eigenvalue weighted by Gasteiger charge is -2.05. The molecule has 0 aromatic carbocycles. The fraction of sp³-hybridized carbons (Fsp3) is 0.500. The summed E-state index contributed by atoms with van der Waals surface area (Å²) >= 11 is 0. The van der Waals surface area contributed by atoms with E-state index in [1.54, 1.807) is 4.68 Å². The minimum atomic E-state index is 0.485. The molecule has 2 heterocycles. The first-order valence-corrected chi connectivity index (χ1v) is 5.30. The maximum atomic E-state index is 5.65. The van der Waals surface area contributed by atoms with Gasteiger partial charge in [0.05, 0.1) is 23.6 Å². The van der Waals surface area contributed by atoms with Gasteiger partial charge >= 0.3 is 0 Å². The van der Waals surface area contributed by atoms with Crippen LogP contribution >= 0.6 is 0 Å². The summed E-state index contributed by atoms with van der Waals surface area (Å²) in [5, 5.41) is 12.2. The van der Waals surface area contributed by atoms with Gasteiger partial charge in [-0.15, -0.1) is 5.10 Å². The predicted octanol–water partition coefficient (Wildman–Crippen LogP) is 0.742. The Labute approximate surface area is 94.1 Å². The lowest BCUT2D eigenvalue weighted by atomic mass is 10.3. The van der Waals surface area contributed by atoms with Crippen LogP contribution in [-0.2, 0) is 13.1 Å². The first-order chi connectivity index (χ1) is 7.61. The SMILES string of the molecule is CCn1nc(C)cc1Cn1nnc(N)c1C. The van der Waals surface area contributed by atoms with Crippen molar-refractivity contribution in [2.24, 2.45) is 0 Å². The van der Waals surface area contributed by atoms with Crippen LogP contribution in [0.1, 0.15) is 24.0 Å². The number of aryl methyl sites for hydroxylation is 2. The Hall–Kier alpha value is -1.85. The molecular formula is C10H16N6. The molecule has 0 aliphatic carbocycles. The van der Waals surface area contributed by atoms with Gasteiger partial charge in [0.25, 0.3) is 0 Å². The standard InChI is InChI=1S/C10H16N6/c1-4-15-9(5-7(2)13-15)6-16-8(3)10(11)12-14-16/h5H,4,6,11H2,1-3H3. The quantitative estimate of drug-likeness (QED) is 0.828. The molecule has 0 aliphatic rings. The molecule has 6 nitrogen and oxygen atoms in total. The van der Waals surface area contributed by atoms with Crippen LogP contribution in [0, 0.1) is 13.8 Å². The van der Waals surface area contributed by atoms with E-state index in [0.717, 1.165) is 23.6 Å². The molecule has 0 atom stereocenters. The Morgan fingerprint density at radius 2 is 2.06 bits per heavy atom. The molecule has 0 fully saturated rings. The summed E-state index contributed by atoms with van der Waals surface area (Å²) < 4.78 is 3.75. The molecule has 0 radical (unpaired) electrons. The molecular weight excluding hydrogens is 204 g/mol. The van der Waals surface area contributed by atoms with Crippen LogP contribution in [0.5, 0.6) is 0 Å². The molecule has 2 N–H and O–H groups in total. The molecule has 0 aliphatic heterocycles. The molecule has 16 heavy (non-hydrogen) atoms. The van der Waals surface area contributed by atoms with Crippen molar-refractivity contribution in [3.8, 4) is 0 Å². The summed E-state index contributed by atoms with van der Waals surface area (Å²) in [6.07, 6.45) is 0. The fourth-order valence-electron chi connectivity index (χ4n) is 1.68. The van der Waals surface area contributed by atoms with Crippen LogP contribution in [-0.4, -0.2) is 24.8 Å². The van der Waals surface area contributed by atoms with Crippen molar-refractivity contribution in [1.29, 1.82) is 0 Å². The van der Waals surface area contributed by atoms with Gasteiger partial charge in [0.15, 0.2) is 5.82 Å². The summed E-state index contributed by atoms with van der Waals surface area (Å²) in [5.41, 5.74) is 8.68. The second kappa shape index (κ2) is 3.96. The van der Waals surface area contributed by atoms with E-state index in [0.29, 0.717) is 12.4 Å². The maximum absolute atomic E-state index is 5.65. The average Bonchev–Trinajstić information content (AvgIpc) is 2.76. The van der Waals surface area contributed by atoms with Crippen LogP contribution in [0.25, 0.3) is 0 Å². The molecule has 86 valence electrons. The van der Waals surface area contributed by atoms with Gasteiger partial charge in [-0.3, -0.25) is 4.68 Å². The van der Waals surface area contributed by atoms with E-state index < -0.39 is 0 Å². The van der Waals surface area contributed by atoms with E-state index in [2.05, 4.69) is 28.4 Å². The van der Waals surface area contributed by atoms with Gasteiger partial charge in [-0.1, -0.05) is 5.21 Å². The smallest absolute Gasteiger partial charge is 0.168 e. The molecule has 0 saturated carbocycles. The van der Waals surface area contributed by atoms with Crippen molar-refractivity contribution >= 4 is 5.82 Å². The van der Waals surface area contributed by atoms with Crippen LogP contribution in [0.3, 0.4) is 0 Å². The molecule has 2 aromatic rings. The zero-order valence-corrected chi connectivity index (χ0v) is 9.80. The van der Waals surface area contributed by atoms with Gasteiger partial charge < -0.3 is 5.73 Å². The van der Waals surface area contributed by atoms with Gasteiger partial charge in [0.2, 0.25) is 0 Å². The van der Waals surface area contributed by atoms with Crippen molar-refractivity contribution in [3.05, 3.63) is 23.1 Å². The van der Waals surface area contributed by atoms with E-state index in [4.69, 9.17) is 5.73 Å². The summed E-state index contributed by atoms with van der Waals surface area (Å²) in [7, 11) is 0. The second-order valence-electron chi connectivity index (χ2n) is 3.81. The van der Waals surface area contributed by atoms with Crippen molar-refractivity contribution in [3.63, 3.8) is 0 Å². The first-order valence-electron chi connectivity index (χ1n) is 5.30. The summed E-state index contributed by atoms with van der Waals surface area (Å²) in [5.74, 6) is 0.485. The summed E-state index contributed by atoms with van der Waals surface area (Å²) in [6, 6.07) is 2.06. The van der Waals surface area contributed by atoms with Gasteiger partial charge in [0, 0.05) is 6.54 Å². The van der Waals surface area contributed by atoms with Crippen molar-refractivity contribution < 1.29 is 0 Å². The van der Waals surface area contributed by atoms with E-state index in [1.165, 1.54) is 0 Å². The van der Waals surface area contributed by atoms with Gasteiger partial charge in [-0.2, -0.15) is 5.10 Å². The average molecular weight is 220 g/mol. The number of nitrogens with zero attached hydrogens (tertiary/aromatic N) is 5. The Morgan fingerprint density at radius 3 is 2.62 bits per heavy atom. The van der Waals surface area contributed by atoms with Crippen LogP contribution in [0.15, 0.2) is 6.07 Å². The largest absolute Gasteiger partial charge is 0.381 e. The molecule has 0 amide bonds. The van der Waals surface area contributed by atoms with Crippen LogP contribution in [0.2, 0.25) is 0 Å². The Morgan fingerprint density at radius 1 is 1.31 bits per heavy atom. The maximum Gasteiger partial charge on any atom is 0.168 e. The molecule has 0 spiro atoms. The van der Waals surface area contributed by atoms with E-state index in [9.17, 15) is 0 Å². The zero-order chi connectivity index (χ0) is 11.7. The number of hydrogen-bond donors (Lipinski definition) is 1. The predicted molar refractivity (Wildman–Crippen MR) is 60.9 cm³/mol. The highest BCUT2D eigenvalue weighted by Crippen LogP contribution is 2.10. The van der Waals surface area contributed by atoms with Crippen molar-refractivity contribution in [2.45, 2.75) is 33.9 Å². The third-order valence-electron chi connectivity index (χ3n) is 2.62. The minimum Gasteiger partial charge on any atom is -0.381 e. The lowest BCUT2D eigenvalue weighted by Crippen LogP contribution is -2.10. The number of rotatable bonds is 3. The molecule has 2 rings (SSSR count). The van der Waals surface area contributed by atoms with Gasteiger partial charge in [-0.25, -0.2) is 4.68 Å². The monoisotopic (exact) mass is 220 g/mol. The van der Waals surface area contributed by atoms with Crippen molar-refractivity contribution in [2.75, 3.05) is 5.73 Å². The van der Waals surface area contributed by atoms with E-state index in [-0.39, 0.29) is 0 Å². The van der Waals surface area contributed by atoms with Gasteiger partial charge in [0.1, 0.15) is 0 Å². The lowest BCUT2D eigenvalue weighted by molar-refractivity contribution is 0.558. The third-order valence-corrected chi connectivity index (χ3v) is 2.62. The second-order valence-corrected chi connectivity index (χ2v) is 3.81. The zero-order valence-electron chi connectivity index (χ0n) is 9.80. The Balaban J connectivity index is 2.29. The van der Waals surface area contributed by atoms with E-state index >= 15 is 0 Å². The Kier molecular flexibility index (Phi) is 2.64. The topological polar surface area (TPSA) is 74.5 Å². The molecule has 6 heteroatoms. The Bertz CT molecular complexity index is 495. The van der Waals surface area contributed by atoms with Crippen molar-refractivity contribution in [1.82, 2.24) is 24.8 Å². The highest BCUT2D eigenvalue weighted by atomic mass is 15.4. The molecule has 0 unspecified atom stereocenters. The number of nitrogen functional groups attached to an aromatic ring is 1. The number of aromatic nitrogens is 5. The number of hydrogen-bond acceptors (Lipinski definition) is 4. The fourth-order valence-corrected chi connectivity index (χ4v) is 1.68. The van der Waals surface area contributed by atoms with Gasteiger partial charge in [-0.05, 0) is 26.8 Å². The van der Waals surface area contributed by atoms with E-state index in [1.807, 2.05) is 18.5 Å². The normalized spacial score (nSPS) is 10.9. The molecule has 2 aromatic heterocycles. The number of anilines is 1. The third kappa shape index (κ3) is 1.78.